The standard InChI is InChI=1S/C25H25ClN2O4S/c1-17-8-11-21(12-9-17)33(30,31)28-16-24(32-23-13-10-20(26)14-22(23)28)25(29)27-15-18(2)19-6-4-3-5-7-19/h3-14,18,24H,15-16H2,1-2H3,(H,27,29)/t18-,24-/m0/s1. The van der Waals surface area contributed by atoms with E-state index in [2.05, 4.69) is 5.32 Å². The highest BCUT2D eigenvalue weighted by atomic mass is 35.5. The van der Waals surface area contributed by atoms with E-state index in [-0.39, 0.29) is 29.0 Å². The summed E-state index contributed by atoms with van der Waals surface area (Å²) in [5.41, 5.74) is 2.36. The number of benzene rings is 3. The van der Waals surface area contributed by atoms with Gasteiger partial charge in [-0.25, -0.2) is 8.42 Å². The maximum Gasteiger partial charge on any atom is 0.264 e. The lowest BCUT2D eigenvalue weighted by Crippen LogP contribution is -2.51. The van der Waals surface area contributed by atoms with Crippen molar-refractivity contribution in [2.45, 2.75) is 30.8 Å². The molecule has 1 amide bonds. The van der Waals surface area contributed by atoms with Crippen molar-refractivity contribution in [1.29, 1.82) is 0 Å². The van der Waals surface area contributed by atoms with Crippen LogP contribution in [-0.4, -0.2) is 33.5 Å². The number of carbonyl (C=O) groups is 1. The Labute approximate surface area is 199 Å². The lowest BCUT2D eigenvalue weighted by atomic mass is 10.0. The number of fused-ring (bicyclic) bond motifs is 1. The van der Waals surface area contributed by atoms with E-state index in [9.17, 15) is 13.2 Å². The SMILES string of the molecule is Cc1ccc(S(=O)(=O)N2C[C@@H](C(=O)NC[C@H](C)c3ccccc3)Oc3ccc(Cl)cc32)cc1. The van der Waals surface area contributed by atoms with E-state index in [4.69, 9.17) is 16.3 Å². The van der Waals surface area contributed by atoms with Gasteiger partial charge in [-0.05, 0) is 48.7 Å². The molecule has 1 N–H and O–H groups in total. The normalized spacial score (nSPS) is 16.5. The molecule has 33 heavy (non-hydrogen) atoms. The van der Waals surface area contributed by atoms with E-state index >= 15 is 0 Å². The third-order valence-electron chi connectivity index (χ3n) is 5.64. The molecule has 0 unspecified atom stereocenters. The summed E-state index contributed by atoms with van der Waals surface area (Å²) in [6.45, 7) is 4.15. The van der Waals surface area contributed by atoms with Crippen LogP contribution < -0.4 is 14.4 Å². The molecule has 172 valence electrons. The van der Waals surface area contributed by atoms with Gasteiger partial charge in [-0.1, -0.05) is 66.6 Å². The summed E-state index contributed by atoms with van der Waals surface area (Å²) in [4.78, 5) is 13.1. The van der Waals surface area contributed by atoms with Crippen molar-refractivity contribution in [2.75, 3.05) is 17.4 Å². The number of carbonyl (C=O) groups excluding carboxylic acids is 1. The molecule has 0 aromatic heterocycles. The largest absolute Gasteiger partial charge is 0.476 e. The van der Waals surface area contributed by atoms with Crippen LogP contribution in [0, 0.1) is 6.92 Å². The second-order valence-electron chi connectivity index (χ2n) is 8.12. The maximum absolute atomic E-state index is 13.5. The zero-order valence-electron chi connectivity index (χ0n) is 18.4. The van der Waals surface area contributed by atoms with Gasteiger partial charge in [0.2, 0.25) is 0 Å². The van der Waals surface area contributed by atoms with Gasteiger partial charge < -0.3 is 10.1 Å². The van der Waals surface area contributed by atoms with Gasteiger partial charge in [0.15, 0.2) is 6.10 Å². The number of anilines is 1. The lowest BCUT2D eigenvalue weighted by Gasteiger charge is -2.35. The highest BCUT2D eigenvalue weighted by Gasteiger charge is 2.37. The fourth-order valence-electron chi connectivity index (χ4n) is 3.69. The molecular weight excluding hydrogens is 460 g/mol. The van der Waals surface area contributed by atoms with Crippen LogP contribution in [0.2, 0.25) is 5.02 Å². The van der Waals surface area contributed by atoms with E-state index < -0.39 is 16.1 Å². The monoisotopic (exact) mass is 484 g/mol. The smallest absolute Gasteiger partial charge is 0.264 e. The van der Waals surface area contributed by atoms with Crippen molar-refractivity contribution in [2.24, 2.45) is 0 Å². The third kappa shape index (κ3) is 4.99. The fourth-order valence-corrected chi connectivity index (χ4v) is 5.33. The molecule has 0 fully saturated rings. The summed E-state index contributed by atoms with van der Waals surface area (Å²) < 4.78 is 34.1. The summed E-state index contributed by atoms with van der Waals surface area (Å²) in [5, 5.41) is 3.28. The zero-order valence-corrected chi connectivity index (χ0v) is 19.9. The van der Waals surface area contributed by atoms with Crippen molar-refractivity contribution in [3.8, 4) is 5.75 Å². The van der Waals surface area contributed by atoms with Gasteiger partial charge in [0.1, 0.15) is 5.75 Å². The number of hydrogen-bond acceptors (Lipinski definition) is 4. The number of aryl methyl sites for hydroxylation is 1. The Morgan fingerprint density at radius 2 is 1.82 bits per heavy atom. The summed E-state index contributed by atoms with van der Waals surface area (Å²) in [6.07, 6.45) is -0.998. The summed E-state index contributed by atoms with van der Waals surface area (Å²) in [5.74, 6) is 0.0114. The second-order valence-corrected chi connectivity index (χ2v) is 10.4. The van der Waals surface area contributed by atoms with E-state index in [1.165, 1.54) is 10.4 Å². The van der Waals surface area contributed by atoms with E-state index in [0.29, 0.717) is 17.3 Å². The minimum atomic E-state index is -3.93. The first-order valence-corrected chi connectivity index (χ1v) is 12.5. The quantitative estimate of drug-likeness (QED) is 0.558. The Morgan fingerprint density at radius 3 is 2.52 bits per heavy atom. The predicted molar refractivity (Wildman–Crippen MR) is 129 cm³/mol. The number of sulfonamides is 1. The molecule has 1 aliphatic rings. The van der Waals surface area contributed by atoms with Crippen LogP contribution in [0.1, 0.15) is 24.0 Å². The number of ether oxygens (including phenoxy) is 1. The molecular formula is C25H25ClN2O4S. The summed E-state index contributed by atoms with van der Waals surface area (Å²) in [6, 6.07) is 21.2. The first kappa shape index (κ1) is 23.1. The van der Waals surface area contributed by atoms with Crippen molar-refractivity contribution in [3.05, 3.63) is 88.9 Å². The van der Waals surface area contributed by atoms with Crippen molar-refractivity contribution in [3.63, 3.8) is 0 Å². The molecule has 0 aliphatic carbocycles. The lowest BCUT2D eigenvalue weighted by molar-refractivity contribution is -0.127. The summed E-state index contributed by atoms with van der Waals surface area (Å²) in [7, 11) is -3.93. The molecule has 3 aromatic carbocycles. The molecule has 8 heteroatoms. The zero-order chi connectivity index (χ0) is 23.6. The molecule has 1 heterocycles. The fraction of sp³-hybridized carbons (Fsp3) is 0.240. The minimum Gasteiger partial charge on any atom is -0.476 e. The van der Waals surface area contributed by atoms with Gasteiger partial charge in [0.25, 0.3) is 15.9 Å². The van der Waals surface area contributed by atoms with Gasteiger partial charge in [-0.3, -0.25) is 9.10 Å². The molecule has 0 saturated carbocycles. The van der Waals surface area contributed by atoms with Gasteiger partial charge in [0.05, 0.1) is 17.1 Å². The Balaban J connectivity index is 1.58. The Morgan fingerprint density at radius 1 is 1.12 bits per heavy atom. The van der Waals surface area contributed by atoms with E-state index in [1.807, 2.05) is 44.2 Å². The Kier molecular flexibility index (Phi) is 6.63. The van der Waals surface area contributed by atoms with Gasteiger partial charge in [-0.15, -0.1) is 0 Å². The molecule has 0 spiro atoms. The van der Waals surface area contributed by atoms with E-state index in [1.54, 1.807) is 36.4 Å². The third-order valence-corrected chi connectivity index (χ3v) is 7.67. The van der Waals surface area contributed by atoms with Crippen LogP contribution in [0.5, 0.6) is 5.75 Å². The Hall–Kier alpha value is -3.03. The number of nitrogens with one attached hydrogen (secondary N) is 1. The average molecular weight is 485 g/mol. The molecule has 3 aromatic rings. The molecule has 0 radical (unpaired) electrons. The van der Waals surface area contributed by atoms with Crippen LogP contribution in [-0.2, 0) is 14.8 Å². The molecule has 6 nitrogen and oxygen atoms in total. The summed E-state index contributed by atoms with van der Waals surface area (Å²) >= 11 is 6.14. The van der Waals surface area contributed by atoms with Crippen LogP contribution in [0.15, 0.2) is 77.7 Å². The number of amides is 1. The van der Waals surface area contributed by atoms with Crippen LogP contribution >= 0.6 is 11.6 Å². The minimum absolute atomic E-state index is 0.0947. The second kappa shape index (κ2) is 9.45. The number of halogens is 1. The topological polar surface area (TPSA) is 75.7 Å². The number of rotatable bonds is 6. The maximum atomic E-state index is 13.5. The van der Waals surface area contributed by atoms with Crippen molar-refractivity contribution in [1.82, 2.24) is 5.32 Å². The molecule has 4 rings (SSSR count). The van der Waals surface area contributed by atoms with Crippen LogP contribution in [0.3, 0.4) is 0 Å². The number of hydrogen-bond donors (Lipinski definition) is 1. The highest BCUT2D eigenvalue weighted by molar-refractivity contribution is 7.92. The van der Waals surface area contributed by atoms with Crippen LogP contribution in [0.25, 0.3) is 0 Å². The van der Waals surface area contributed by atoms with Gasteiger partial charge >= 0.3 is 0 Å². The predicted octanol–water partition coefficient (Wildman–Crippen LogP) is 4.52. The van der Waals surface area contributed by atoms with Gasteiger partial charge in [-0.2, -0.15) is 0 Å². The molecule has 0 bridgehead atoms. The molecule has 2 atom stereocenters. The number of nitrogens with zero attached hydrogens (tertiary/aromatic N) is 1. The van der Waals surface area contributed by atoms with Crippen molar-refractivity contribution < 1.29 is 17.9 Å². The molecule has 0 saturated heterocycles. The Bertz CT molecular complexity index is 1250. The average Bonchev–Trinajstić information content (AvgIpc) is 2.82. The molecule has 1 aliphatic heterocycles. The highest BCUT2D eigenvalue weighted by Crippen LogP contribution is 2.38. The van der Waals surface area contributed by atoms with Crippen LogP contribution in [0.4, 0.5) is 5.69 Å². The van der Waals surface area contributed by atoms with Gasteiger partial charge in [0, 0.05) is 11.6 Å². The van der Waals surface area contributed by atoms with Crippen molar-refractivity contribution >= 4 is 33.2 Å². The first-order valence-electron chi connectivity index (χ1n) is 10.6. The van der Waals surface area contributed by atoms with E-state index in [0.717, 1.165) is 11.1 Å². The first-order chi connectivity index (χ1) is 15.8.